The normalized spacial score (nSPS) is 11.5. The van der Waals surface area contributed by atoms with E-state index in [1.807, 2.05) is 0 Å². The number of carbonyl (C=O) groups excluding carboxylic acids is 1. The average Bonchev–Trinajstić information content (AvgIpc) is 2.28. The fourth-order valence-corrected chi connectivity index (χ4v) is 1.56. The molecular weight excluding hydrogens is 244 g/mol. The molecule has 1 atom stereocenters. The van der Waals surface area contributed by atoms with Crippen LogP contribution >= 0.6 is 11.8 Å². The first-order valence-corrected chi connectivity index (χ1v) is 6.28. The van der Waals surface area contributed by atoms with Crippen molar-refractivity contribution in [3.05, 3.63) is 10.1 Å². The molecule has 2 N–H and O–H groups in total. The standard InChI is InChI=1S/C10H16N2O4S/c1-2-7-17-8-9(11)10(13)16-6-4-3-5-12(14)15/h1,9H,3-8,11H2. The van der Waals surface area contributed by atoms with Crippen LogP contribution in [-0.2, 0) is 9.53 Å². The fraction of sp³-hybridized carbons (Fsp3) is 0.700. The average molecular weight is 260 g/mol. The molecule has 0 bridgehead atoms. The van der Waals surface area contributed by atoms with Crippen LogP contribution in [0.15, 0.2) is 0 Å². The molecule has 0 aromatic heterocycles. The Morgan fingerprint density at radius 3 is 2.88 bits per heavy atom. The zero-order valence-corrected chi connectivity index (χ0v) is 10.3. The van der Waals surface area contributed by atoms with Crippen LogP contribution in [0.1, 0.15) is 12.8 Å². The van der Waals surface area contributed by atoms with Crippen molar-refractivity contribution >= 4 is 17.7 Å². The quantitative estimate of drug-likeness (QED) is 0.210. The molecule has 0 aliphatic heterocycles. The van der Waals surface area contributed by atoms with Gasteiger partial charge in [0.15, 0.2) is 0 Å². The molecule has 0 aromatic rings. The Labute approximate surface area is 104 Å². The van der Waals surface area contributed by atoms with Gasteiger partial charge in [0.05, 0.1) is 12.4 Å². The molecular formula is C10H16N2O4S. The van der Waals surface area contributed by atoms with Crippen LogP contribution in [0.2, 0.25) is 0 Å². The van der Waals surface area contributed by atoms with Gasteiger partial charge in [0.2, 0.25) is 6.54 Å². The van der Waals surface area contributed by atoms with Crippen molar-refractivity contribution in [2.45, 2.75) is 18.9 Å². The molecule has 0 aliphatic rings. The van der Waals surface area contributed by atoms with Gasteiger partial charge in [-0.2, -0.15) is 0 Å². The number of hydrogen-bond acceptors (Lipinski definition) is 6. The number of nitro groups is 1. The molecule has 0 saturated carbocycles. The van der Waals surface area contributed by atoms with E-state index in [1.165, 1.54) is 11.8 Å². The van der Waals surface area contributed by atoms with Crippen LogP contribution in [-0.4, -0.2) is 41.6 Å². The summed E-state index contributed by atoms with van der Waals surface area (Å²) in [5.74, 6) is 2.85. The number of terminal acetylenes is 1. The monoisotopic (exact) mass is 260 g/mol. The van der Waals surface area contributed by atoms with Gasteiger partial charge in [0.1, 0.15) is 6.04 Å². The summed E-state index contributed by atoms with van der Waals surface area (Å²) in [6, 6.07) is -0.691. The van der Waals surface area contributed by atoms with Gasteiger partial charge in [-0.05, 0) is 6.42 Å². The SMILES string of the molecule is C#CCSCC(N)C(=O)OCCCC[N+](=O)[O-]. The molecule has 0 heterocycles. The highest BCUT2D eigenvalue weighted by Crippen LogP contribution is 2.02. The molecule has 17 heavy (non-hydrogen) atoms. The van der Waals surface area contributed by atoms with Crippen LogP contribution in [0.5, 0.6) is 0 Å². The van der Waals surface area contributed by atoms with Crippen LogP contribution in [0.4, 0.5) is 0 Å². The fourth-order valence-electron chi connectivity index (χ4n) is 0.936. The van der Waals surface area contributed by atoms with Gasteiger partial charge in [-0.25, -0.2) is 0 Å². The van der Waals surface area contributed by atoms with E-state index in [0.717, 1.165) is 0 Å². The van der Waals surface area contributed by atoms with Gasteiger partial charge in [0.25, 0.3) is 0 Å². The molecule has 0 fully saturated rings. The topological polar surface area (TPSA) is 95.5 Å². The minimum Gasteiger partial charge on any atom is -0.465 e. The second-order valence-electron chi connectivity index (χ2n) is 3.26. The number of esters is 1. The summed E-state index contributed by atoms with van der Waals surface area (Å²) in [6.45, 7) is 0.0573. The van der Waals surface area contributed by atoms with Gasteiger partial charge in [-0.3, -0.25) is 14.9 Å². The summed E-state index contributed by atoms with van der Waals surface area (Å²) < 4.78 is 4.86. The van der Waals surface area contributed by atoms with Crippen molar-refractivity contribution in [3.8, 4) is 12.3 Å². The number of rotatable bonds is 9. The van der Waals surface area contributed by atoms with Gasteiger partial charge >= 0.3 is 5.97 Å². The van der Waals surface area contributed by atoms with Crippen molar-refractivity contribution < 1.29 is 14.5 Å². The maximum absolute atomic E-state index is 11.3. The number of ether oxygens (including phenoxy) is 1. The summed E-state index contributed by atoms with van der Waals surface area (Å²) in [5.41, 5.74) is 5.55. The molecule has 0 rings (SSSR count). The highest BCUT2D eigenvalue weighted by molar-refractivity contribution is 7.99. The summed E-state index contributed by atoms with van der Waals surface area (Å²) in [6.07, 6.45) is 5.91. The van der Waals surface area contributed by atoms with E-state index in [1.54, 1.807) is 0 Å². The molecule has 0 aromatic carbocycles. The van der Waals surface area contributed by atoms with E-state index >= 15 is 0 Å². The summed E-state index contributed by atoms with van der Waals surface area (Å²) in [7, 11) is 0. The lowest BCUT2D eigenvalue weighted by Gasteiger charge is -2.09. The first kappa shape index (κ1) is 15.7. The third kappa shape index (κ3) is 9.66. The number of hydrogen-bond donors (Lipinski definition) is 1. The van der Waals surface area contributed by atoms with E-state index in [9.17, 15) is 14.9 Å². The molecule has 96 valence electrons. The first-order valence-electron chi connectivity index (χ1n) is 5.13. The van der Waals surface area contributed by atoms with Gasteiger partial charge < -0.3 is 10.5 Å². The predicted molar refractivity (Wildman–Crippen MR) is 66.2 cm³/mol. The molecule has 0 spiro atoms. The Morgan fingerprint density at radius 1 is 1.59 bits per heavy atom. The summed E-state index contributed by atoms with van der Waals surface area (Å²) >= 11 is 1.39. The molecule has 1 unspecified atom stereocenters. The van der Waals surface area contributed by atoms with Crippen molar-refractivity contribution in [2.75, 3.05) is 24.7 Å². The predicted octanol–water partition coefficient (Wildman–Crippen LogP) is 0.280. The van der Waals surface area contributed by atoms with Crippen molar-refractivity contribution in [2.24, 2.45) is 5.73 Å². The van der Waals surface area contributed by atoms with Crippen molar-refractivity contribution in [1.29, 1.82) is 0 Å². The zero-order valence-electron chi connectivity index (χ0n) is 9.46. The second kappa shape index (κ2) is 9.93. The molecule has 0 amide bonds. The molecule has 0 aliphatic carbocycles. The maximum atomic E-state index is 11.3. The third-order valence-electron chi connectivity index (χ3n) is 1.76. The minimum atomic E-state index is -0.691. The van der Waals surface area contributed by atoms with Crippen LogP contribution in [0.25, 0.3) is 0 Å². The van der Waals surface area contributed by atoms with Crippen LogP contribution in [0, 0.1) is 22.5 Å². The zero-order chi connectivity index (χ0) is 13.1. The number of unbranched alkanes of at least 4 members (excludes halogenated alkanes) is 1. The lowest BCUT2D eigenvalue weighted by atomic mass is 10.3. The highest BCUT2D eigenvalue weighted by Gasteiger charge is 2.14. The summed E-state index contributed by atoms with van der Waals surface area (Å²) in [4.78, 5) is 20.9. The van der Waals surface area contributed by atoms with Crippen molar-refractivity contribution in [1.82, 2.24) is 0 Å². The molecule has 6 nitrogen and oxygen atoms in total. The van der Waals surface area contributed by atoms with E-state index in [0.29, 0.717) is 24.3 Å². The highest BCUT2D eigenvalue weighted by atomic mass is 32.2. The smallest absolute Gasteiger partial charge is 0.323 e. The van der Waals surface area contributed by atoms with Crippen LogP contribution in [0.3, 0.4) is 0 Å². The van der Waals surface area contributed by atoms with Gasteiger partial charge in [-0.1, -0.05) is 5.92 Å². The number of thioether (sulfide) groups is 1. The maximum Gasteiger partial charge on any atom is 0.323 e. The van der Waals surface area contributed by atoms with E-state index in [-0.39, 0.29) is 13.2 Å². The minimum absolute atomic E-state index is 0.109. The third-order valence-corrected chi connectivity index (χ3v) is 2.73. The number of nitrogens with two attached hydrogens (primary N) is 1. The van der Waals surface area contributed by atoms with E-state index < -0.39 is 16.9 Å². The van der Waals surface area contributed by atoms with E-state index in [4.69, 9.17) is 16.9 Å². The lowest BCUT2D eigenvalue weighted by molar-refractivity contribution is -0.480. The lowest BCUT2D eigenvalue weighted by Crippen LogP contribution is -2.34. The Morgan fingerprint density at radius 2 is 2.29 bits per heavy atom. The van der Waals surface area contributed by atoms with Crippen molar-refractivity contribution in [3.63, 3.8) is 0 Å². The number of nitrogens with zero attached hydrogens (tertiary/aromatic N) is 1. The largest absolute Gasteiger partial charge is 0.465 e. The first-order chi connectivity index (χ1) is 8.07. The Balaban J connectivity index is 3.51. The Bertz CT molecular complexity index is 291. The Kier molecular flexibility index (Phi) is 9.19. The number of carbonyl (C=O) groups is 1. The summed E-state index contributed by atoms with van der Waals surface area (Å²) in [5, 5.41) is 10.0. The second-order valence-corrected chi connectivity index (χ2v) is 4.29. The Hall–Kier alpha value is -1.26. The molecule has 0 saturated heterocycles. The van der Waals surface area contributed by atoms with Crippen LogP contribution < -0.4 is 5.73 Å². The van der Waals surface area contributed by atoms with Gasteiger partial charge in [-0.15, -0.1) is 18.2 Å². The molecule has 7 heteroatoms. The van der Waals surface area contributed by atoms with E-state index in [2.05, 4.69) is 5.92 Å². The van der Waals surface area contributed by atoms with Gasteiger partial charge in [0, 0.05) is 17.1 Å². The molecule has 0 radical (unpaired) electrons.